The number of rotatable bonds is 1. The van der Waals surface area contributed by atoms with Gasteiger partial charge in [0.15, 0.2) is 11.5 Å². The van der Waals surface area contributed by atoms with E-state index in [0.29, 0.717) is 0 Å². The fourth-order valence-corrected chi connectivity index (χ4v) is 2.29. The number of benzene rings is 1. The number of oxazole rings is 1. The third-order valence-corrected chi connectivity index (χ3v) is 3.20. The van der Waals surface area contributed by atoms with E-state index >= 15 is 0 Å². The quantitative estimate of drug-likeness (QED) is 0.793. The molecule has 1 aliphatic heterocycles. The highest BCUT2D eigenvalue weighted by atomic mass is 16.3. The highest BCUT2D eigenvalue weighted by Gasteiger charge is 2.12. The molecule has 1 N–H and O–H groups in total. The fraction of sp³-hybridized carbons (Fsp3) is 0.462. The predicted octanol–water partition coefficient (Wildman–Crippen LogP) is 2.08. The number of nitrogens with one attached hydrogen (secondary N) is 1. The Kier molecular flexibility index (Phi) is 2.40. The van der Waals surface area contributed by atoms with Gasteiger partial charge >= 0.3 is 0 Å². The molecule has 3 nitrogen and oxygen atoms in total. The van der Waals surface area contributed by atoms with Crippen LogP contribution in [0.1, 0.15) is 23.9 Å². The molecule has 2 heterocycles. The number of aryl methyl sites for hydroxylation is 1. The molecule has 84 valence electrons. The lowest BCUT2D eigenvalue weighted by Crippen LogP contribution is -2.16. The molecule has 0 unspecified atom stereocenters. The van der Waals surface area contributed by atoms with Crippen LogP contribution in [0.3, 0.4) is 0 Å². The molecular weight excluding hydrogens is 200 g/mol. The summed E-state index contributed by atoms with van der Waals surface area (Å²) in [5, 5.41) is 3.41. The topological polar surface area (TPSA) is 38.1 Å². The maximum atomic E-state index is 5.69. The summed E-state index contributed by atoms with van der Waals surface area (Å²) < 4.78 is 5.69. The first-order valence-corrected chi connectivity index (χ1v) is 5.99. The van der Waals surface area contributed by atoms with Crippen molar-refractivity contribution in [2.45, 2.75) is 26.2 Å². The SMILES string of the molecule is CCc1nc2cc3c(cc2o1)CCNCC3. The van der Waals surface area contributed by atoms with Crippen LogP contribution in [0, 0.1) is 0 Å². The molecular formula is C13H16N2O. The van der Waals surface area contributed by atoms with Crippen LogP contribution >= 0.6 is 0 Å². The van der Waals surface area contributed by atoms with Crippen molar-refractivity contribution < 1.29 is 4.42 Å². The average Bonchev–Trinajstić information content (AvgIpc) is 2.56. The molecule has 0 bridgehead atoms. The molecule has 0 aliphatic carbocycles. The van der Waals surface area contributed by atoms with Gasteiger partial charge in [0.25, 0.3) is 0 Å². The molecule has 3 rings (SSSR count). The predicted molar refractivity (Wildman–Crippen MR) is 63.7 cm³/mol. The minimum Gasteiger partial charge on any atom is -0.441 e. The summed E-state index contributed by atoms with van der Waals surface area (Å²) in [6.45, 7) is 4.20. The van der Waals surface area contributed by atoms with E-state index in [9.17, 15) is 0 Å². The molecule has 3 heteroatoms. The molecule has 0 saturated heterocycles. The van der Waals surface area contributed by atoms with Gasteiger partial charge in [-0.2, -0.15) is 0 Å². The highest BCUT2D eigenvalue weighted by Crippen LogP contribution is 2.23. The van der Waals surface area contributed by atoms with Gasteiger partial charge in [0.05, 0.1) is 0 Å². The normalized spacial score (nSPS) is 16.1. The summed E-state index contributed by atoms with van der Waals surface area (Å²) in [5.74, 6) is 0.841. The van der Waals surface area contributed by atoms with Crippen molar-refractivity contribution in [3.05, 3.63) is 29.2 Å². The summed E-state index contributed by atoms with van der Waals surface area (Å²) in [5.41, 5.74) is 4.79. The van der Waals surface area contributed by atoms with Gasteiger partial charge in [0.2, 0.25) is 0 Å². The Hall–Kier alpha value is -1.35. The Morgan fingerprint density at radius 2 is 2.00 bits per heavy atom. The van der Waals surface area contributed by atoms with Gasteiger partial charge in [0, 0.05) is 6.42 Å². The Labute approximate surface area is 94.9 Å². The van der Waals surface area contributed by atoms with E-state index in [1.165, 1.54) is 11.1 Å². The zero-order valence-electron chi connectivity index (χ0n) is 9.55. The van der Waals surface area contributed by atoms with Crippen molar-refractivity contribution in [2.24, 2.45) is 0 Å². The Bertz CT molecular complexity index is 473. The second kappa shape index (κ2) is 3.91. The number of hydrogen-bond acceptors (Lipinski definition) is 3. The van der Waals surface area contributed by atoms with Crippen molar-refractivity contribution in [3.63, 3.8) is 0 Å². The minimum atomic E-state index is 0.841. The fourth-order valence-electron chi connectivity index (χ4n) is 2.29. The minimum absolute atomic E-state index is 0.841. The lowest BCUT2D eigenvalue weighted by molar-refractivity contribution is 0.537. The molecule has 0 fully saturated rings. The molecule has 0 spiro atoms. The molecule has 1 aliphatic rings. The lowest BCUT2D eigenvalue weighted by atomic mass is 10.0. The van der Waals surface area contributed by atoms with Crippen LogP contribution in [0.25, 0.3) is 11.1 Å². The second-order valence-corrected chi connectivity index (χ2v) is 4.30. The van der Waals surface area contributed by atoms with Gasteiger partial charge in [-0.25, -0.2) is 4.98 Å². The monoisotopic (exact) mass is 216 g/mol. The third kappa shape index (κ3) is 1.61. The van der Waals surface area contributed by atoms with Gasteiger partial charge in [-0.05, 0) is 49.2 Å². The molecule has 1 aromatic carbocycles. The van der Waals surface area contributed by atoms with E-state index < -0.39 is 0 Å². The van der Waals surface area contributed by atoms with E-state index in [4.69, 9.17) is 4.42 Å². The summed E-state index contributed by atoms with van der Waals surface area (Å²) in [6, 6.07) is 4.37. The summed E-state index contributed by atoms with van der Waals surface area (Å²) in [4.78, 5) is 4.48. The van der Waals surface area contributed by atoms with Gasteiger partial charge < -0.3 is 9.73 Å². The molecule has 16 heavy (non-hydrogen) atoms. The first-order valence-electron chi connectivity index (χ1n) is 5.99. The van der Waals surface area contributed by atoms with E-state index in [-0.39, 0.29) is 0 Å². The molecule has 1 aromatic heterocycles. The maximum Gasteiger partial charge on any atom is 0.195 e. The number of fused-ring (bicyclic) bond motifs is 2. The zero-order chi connectivity index (χ0) is 11.0. The van der Waals surface area contributed by atoms with Crippen LogP contribution < -0.4 is 5.32 Å². The van der Waals surface area contributed by atoms with Crippen LogP contribution in [-0.2, 0) is 19.3 Å². The molecule has 2 aromatic rings. The zero-order valence-corrected chi connectivity index (χ0v) is 9.55. The Morgan fingerprint density at radius 3 is 2.75 bits per heavy atom. The van der Waals surface area contributed by atoms with Gasteiger partial charge in [-0.15, -0.1) is 0 Å². The Morgan fingerprint density at radius 1 is 1.25 bits per heavy atom. The summed E-state index contributed by atoms with van der Waals surface area (Å²) in [6.07, 6.45) is 3.05. The first-order chi connectivity index (χ1) is 7.86. The number of hydrogen-bond donors (Lipinski definition) is 1. The largest absolute Gasteiger partial charge is 0.441 e. The van der Waals surface area contributed by atoms with Crippen molar-refractivity contribution >= 4 is 11.1 Å². The standard InChI is InChI=1S/C13H16N2O/c1-2-13-15-11-7-9-3-5-14-6-4-10(9)8-12(11)16-13/h7-8,14H,2-6H2,1H3. The van der Waals surface area contributed by atoms with E-state index in [1.807, 2.05) is 0 Å². The number of aromatic nitrogens is 1. The van der Waals surface area contributed by atoms with Crippen molar-refractivity contribution in [3.8, 4) is 0 Å². The van der Waals surface area contributed by atoms with Crippen LogP contribution in [-0.4, -0.2) is 18.1 Å². The van der Waals surface area contributed by atoms with Crippen molar-refractivity contribution in [2.75, 3.05) is 13.1 Å². The molecule has 0 saturated carbocycles. The van der Waals surface area contributed by atoms with Crippen molar-refractivity contribution in [1.29, 1.82) is 0 Å². The lowest BCUT2D eigenvalue weighted by Gasteiger charge is -2.03. The smallest absolute Gasteiger partial charge is 0.195 e. The molecule has 0 atom stereocenters. The van der Waals surface area contributed by atoms with E-state index in [0.717, 1.165) is 49.3 Å². The second-order valence-electron chi connectivity index (χ2n) is 4.30. The van der Waals surface area contributed by atoms with Crippen LogP contribution in [0.15, 0.2) is 16.5 Å². The molecule has 0 amide bonds. The average molecular weight is 216 g/mol. The van der Waals surface area contributed by atoms with Gasteiger partial charge in [-0.3, -0.25) is 0 Å². The summed E-state index contributed by atoms with van der Waals surface area (Å²) >= 11 is 0. The third-order valence-electron chi connectivity index (χ3n) is 3.20. The van der Waals surface area contributed by atoms with Crippen LogP contribution in [0.4, 0.5) is 0 Å². The maximum absolute atomic E-state index is 5.69. The van der Waals surface area contributed by atoms with E-state index in [1.54, 1.807) is 0 Å². The molecule has 0 radical (unpaired) electrons. The van der Waals surface area contributed by atoms with E-state index in [2.05, 4.69) is 29.4 Å². The van der Waals surface area contributed by atoms with Crippen LogP contribution in [0.5, 0.6) is 0 Å². The van der Waals surface area contributed by atoms with Gasteiger partial charge in [-0.1, -0.05) is 6.92 Å². The van der Waals surface area contributed by atoms with Crippen molar-refractivity contribution in [1.82, 2.24) is 10.3 Å². The van der Waals surface area contributed by atoms with Gasteiger partial charge in [0.1, 0.15) is 5.52 Å². The Balaban J connectivity index is 2.14. The number of nitrogens with zero attached hydrogens (tertiary/aromatic N) is 1. The van der Waals surface area contributed by atoms with Crippen LogP contribution in [0.2, 0.25) is 0 Å². The summed E-state index contributed by atoms with van der Waals surface area (Å²) in [7, 11) is 0. The highest BCUT2D eigenvalue weighted by molar-refractivity contribution is 5.75. The first kappa shape index (κ1) is 9.85.